The van der Waals surface area contributed by atoms with Gasteiger partial charge in [0.05, 0.1) is 0 Å². The molecule has 100 valence electrons. The number of piperidine rings is 1. The third-order valence-corrected chi connectivity index (χ3v) is 3.40. The molecule has 2 N–H and O–H groups in total. The maximum absolute atomic E-state index is 11.5. The van der Waals surface area contributed by atoms with Gasteiger partial charge >= 0.3 is 0 Å². The van der Waals surface area contributed by atoms with Crippen LogP contribution >= 0.6 is 0 Å². The maximum atomic E-state index is 11.5. The Balaban J connectivity index is 2.10. The third-order valence-electron chi connectivity index (χ3n) is 3.40. The van der Waals surface area contributed by atoms with Gasteiger partial charge in [-0.05, 0) is 37.8 Å². The van der Waals surface area contributed by atoms with Gasteiger partial charge in [-0.25, -0.2) is 0 Å². The molecule has 0 aromatic heterocycles. The van der Waals surface area contributed by atoms with Crippen LogP contribution in [0.5, 0.6) is 0 Å². The van der Waals surface area contributed by atoms with Gasteiger partial charge in [-0.15, -0.1) is 0 Å². The lowest BCUT2D eigenvalue weighted by molar-refractivity contribution is -0.126. The van der Waals surface area contributed by atoms with Gasteiger partial charge in [0.15, 0.2) is 0 Å². The van der Waals surface area contributed by atoms with E-state index in [0.29, 0.717) is 6.61 Å². The number of hydrogen-bond donors (Lipinski definition) is 2. The minimum absolute atomic E-state index is 0.0147. The second kappa shape index (κ2) is 7.67. The monoisotopic (exact) mass is 242 g/mol. The molecule has 0 aromatic rings. The van der Waals surface area contributed by atoms with E-state index in [9.17, 15) is 4.79 Å². The van der Waals surface area contributed by atoms with Crippen molar-refractivity contribution >= 4 is 5.91 Å². The summed E-state index contributed by atoms with van der Waals surface area (Å²) in [7, 11) is 0. The van der Waals surface area contributed by atoms with Gasteiger partial charge in [0.2, 0.25) is 5.91 Å². The Morgan fingerprint density at radius 3 is 2.76 bits per heavy atom. The van der Waals surface area contributed by atoms with E-state index in [1.807, 2.05) is 0 Å². The molecule has 4 nitrogen and oxygen atoms in total. The van der Waals surface area contributed by atoms with Crippen molar-refractivity contribution in [3.05, 3.63) is 0 Å². The Bertz CT molecular complexity index is 225. The summed E-state index contributed by atoms with van der Waals surface area (Å²) >= 11 is 0. The van der Waals surface area contributed by atoms with E-state index >= 15 is 0 Å². The number of carbonyl (C=O) groups is 1. The summed E-state index contributed by atoms with van der Waals surface area (Å²) in [6, 6.07) is 0. The molecule has 0 saturated carbocycles. The SMILES string of the molecule is CCCCOCC(=O)NCC1(C)CCNCC1. The molecule has 1 heterocycles. The van der Waals surface area contributed by atoms with Crippen LogP contribution in [-0.4, -0.2) is 38.8 Å². The molecule has 17 heavy (non-hydrogen) atoms. The van der Waals surface area contributed by atoms with Crippen LogP contribution in [0.2, 0.25) is 0 Å². The van der Waals surface area contributed by atoms with Crippen LogP contribution in [-0.2, 0) is 9.53 Å². The van der Waals surface area contributed by atoms with E-state index in [0.717, 1.165) is 45.3 Å². The number of carbonyl (C=O) groups excluding carboxylic acids is 1. The van der Waals surface area contributed by atoms with E-state index in [2.05, 4.69) is 24.5 Å². The summed E-state index contributed by atoms with van der Waals surface area (Å²) in [4.78, 5) is 11.5. The van der Waals surface area contributed by atoms with Gasteiger partial charge in [-0.2, -0.15) is 0 Å². The fourth-order valence-corrected chi connectivity index (χ4v) is 1.98. The van der Waals surface area contributed by atoms with E-state index in [1.165, 1.54) is 0 Å². The Morgan fingerprint density at radius 1 is 1.41 bits per heavy atom. The number of unbranched alkanes of at least 4 members (excludes halogenated alkanes) is 1. The van der Waals surface area contributed by atoms with E-state index in [1.54, 1.807) is 0 Å². The lowest BCUT2D eigenvalue weighted by Gasteiger charge is -2.34. The normalized spacial score (nSPS) is 18.9. The molecule has 0 atom stereocenters. The molecule has 1 aliphatic rings. The number of rotatable bonds is 7. The lowest BCUT2D eigenvalue weighted by atomic mass is 9.81. The first-order valence-corrected chi connectivity index (χ1v) is 6.71. The summed E-state index contributed by atoms with van der Waals surface area (Å²) in [5.41, 5.74) is 0.254. The molecule has 0 spiro atoms. The predicted molar refractivity (Wildman–Crippen MR) is 68.9 cm³/mol. The van der Waals surface area contributed by atoms with E-state index in [-0.39, 0.29) is 17.9 Å². The van der Waals surface area contributed by atoms with Crippen molar-refractivity contribution in [1.29, 1.82) is 0 Å². The number of amides is 1. The Labute approximate surface area is 104 Å². The molecule has 0 aromatic carbocycles. The summed E-state index contributed by atoms with van der Waals surface area (Å²) in [5.74, 6) is 0.0147. The minimum atomic E-state index is 0.0147. The zero-order chi connectivity index (χ0) is 12.6. The minimum Gasteiger partial charge on any atom is -0.372 e. The summed E-state index contributed by atoms with van der Waals surface area (Å²) < 4.78 is 5.28. The highest BCUT2D eigenvalue weighted by Gasteiger charge is 2.26. The highest BCUT2D eigenvalue weighted by Crippen LogP contribution is 2.26. The Hall–Kier alpha value is -0.610. The van der Waals surface area contributed by atoms with Crippen molar-refractivity contribution in [2.24, 2.45) is 5.41 Å². The summed E-state index contributed by atoms with van der Waals surface area (Å²) in [6.45, 7) is 8.12. The quantitative estimate of drug-likeness (QED) is 0.662. The Kier molecular flexibility index (Phi) is 6.52. The highest BCUT2D eigenvalue weighted by atomic mass is 16.5. The standard InChI is InChI=1S/C13H26N2O2/c1-3-4-9-17-10-12(16)15-11-13(2)5-7-14-8-6-13/h14H,3-11H2,1-2H3,(H,15,16). The molecule has 1 saturated heterocycles. The highest BCUT2D eigenvalue weighted by molar-refractivity contribution is 5.77. The molecule has 1 fully saturated rings. The fraction of sp³-hybridized carbons (Fsp3) is 0.923. The smallest absolute Gasteiger partial charge is 0.246 e. The molecule has 1 aliphatic heterocycles. The second-order valence-corrected chi connectivity index (χ2v) is 5.24. The van der Waals surface area contributed by atoms with Crippen LogP contribution < -0.4 is 10.6 Å². The van der Waals surface area contributed by atoms with Gasteiger partial charge in [-0.3, -0.25) is 4.79 Å². The number of hydrogen-bond acceptors (Lipinski definition) is 3. The van der Waals surface area contributed by atoms with Crippen molar-refractivity contribution in [3.63, 3.8) is 0 Å². The zero-order valence-corrected chi connectivity index (χ0v) is 11.2. The van der Waals surface area contributed by atoms with Gasteiger partial charge in [0, 0.05) is 13.2 Å². The largest absolute Gasteiger partial charge is 0.372 e. The van der Waals surface area contributed by atoms with Crippen LogP contribution in [0.15, 0.2) is 0 Å². The molecule has 0 unspecified atom stereocenters. The van der Waals surface area contributed by atoms with Crippen molar-refractivity contribution in [3.8, 4) is 0 Å². The summed E-state index contributed by atoms with van der Waals surface area (Å²) in [6.07, 6.45) is 4.39. The molecular formula is C13H26N2O2. The van der Waals surface area contributed by atoms with Crippen molar-refractivity contribution in [2.75, 3.05) is 32.8 Å². The zero-order valence-electron chi connectivity index (χ0n) is 11.2. The lowest BCUT2D eigenvalue weighted by Crippen LogP contribution is -2.43. The summed E-state index contributed by atoms with van der Waals surface area (Å²) in [5, 5.41) is 6.32. The second-order valence-electron chi connectivity index (χ2n) is 5.24. The van der Waals surface area contributed by atoms with Crippen LogP contribution in [0.1, 0.15) is 39.5 Å². The number of ether oxygens (including phenoxy) is 1. The molecule has 0 radical (unpaired) electrons. The van der Waals surface area contributed by atoms with E-state index in [4.69, 9.17) is 4.74 Å². The van der Waals surface area contributed by atoms with Gasteiger partial charge in [0.25, 0.3) is 0 Å². The average Bonchev–Trinajstić information content (AvgIpc) is 2.33. The average molecular weight is 242 g/mol. The van der Waals surface area contributed by atoms with Crippen molar-refractivity contribution in [1.82, 2.24) is 10.6 Å². The number of nitrogens with one attached hydrogen (secondary N) is 2. The van der Waals surface area contributed by atoms with Crippen LogP contribution in [0.3, 0.4) is 0 Å². The van der Waals surface area contributed by atoms with Crippen molar-refractivity contribution in [2.45, 2.75) is 39.5 Å². The maximum Gasteiger partial charge on any atom is 0.246 e. The third kappa shape index (κ3) is 6.03. The fourth-order valence-electron chi connectivity index (χ4n) is 1.98. The molecule has 1 rings (SSSR count). The molecule has 0 aliphatic carbocycles. The first-order chi connectivity index (χ1) is 8.16. The predicted octanol–water partition coefficient (Wildman–Crippen LogP) is 1.31. The first-order valence-electron chi connectivity index (χ1n) is 6.71. The van der Waals surface area contributed by atoms with Gasteiger partial charge in [-0.1, -0.05) is 20.3 Å². The topological polar surface area (TPSA) is 50.4 Å². The van der Waals surface area contributed by atoms with Crippen molar-refractivity contribution < 1.29 is 9.53 Å². The van der Waals surface area contributed by atoms with Gasteiger partial charge in [0.1, 0.15) is 6.61 Å². The van der Waals surface area contributed by atoms with Crippen LogP contribution in [0.25, 0.3) is 0 Å². The van der Waals surface area contributed by atoms with Crippen LogP contribution in [0.4, 0.5) is 0 Å². The Morgan fingerprint density at radius 2 is 2.12 bits per heavy atom. The molecule has 1 amide bonds. The van der Waals surface area contributed by atoms with Gasteiger partial charge < -0.3 is 15.4 Å². The first kappa shape index (κ1) is 14.5. The van der Waals surface area contributed by atoms with Crippen LogP contribution in [0, 0.1) is 5.41 Å². The molecule has 0 bridgehead atoms. The van der Waals surface area contributed by atoms with E-state index < -0.39 is 0 Å². The molecular weight excluding hydrogens is 216 g/mol. The molecule has 4 heteroatoms.